The molecule has 5 heteroatoms. The average molecular weight is 282 g/mol. The van der Waals surface area contributed by atoms with Gasteiger partial charge in [-0.1, -0.05) is 42.5 Å². The summed E-state index contributed by atoms with van der Waals surface area (Å²) >= 11 is 0. The molecule has 0 atom stereocenters. The van der Waals surface area contributed by atoms with E-state index in [0.717, 1.165) is 11.3 Å². The number of hydrogen-bond donors (Lipinski definition) is 3. The lowest BCUT2D eigenvalue weighted by Gasteiger charge is -2.24. The smallest absolute Gasteiger partial charge is 0.236 e. The van der Waals surface area contributed by atoms with Gasteiger partial charge >= 0.3 is 0 Å². The number of nitrogens with two attached hydrogens (primary N) is 2. The minimum atomic E-state index is -0.404. The molecule has 0 heterocycles. The molecule has 0 aliphatic carbocycles. The number of carbonyl (C=O) groups is 1. The van der Waals surface area contributed by atoms with Gasteiger partial charge in [-0.2, -0.15) is 0 Å². The van der Waals surface area contributed by atoms with Gasteiger partial charge in [-0.15, -0.1) is 0 Å². The topological polar surface area (TPSA) is 96.2 Å². The minimum absolute atomic E-state index is 0.00409. The summed E-state index contributed by atoms with van der Waals surface area (Å²) in [5.74, 6) is -0.408. The van der Waals surface area contributed by atoms with Crippen molar-refractivity contribution < 1.29 is 4.79 Å². The Labute approximate surface area is 123 Å². The molecule has 0 unspecified atom stereocenters. The van der Waals surface area contributed by atoms with Crippen molar-refractivity contribution in [1.82, 2.24) is 0 Å². The van der Waals surface area contributed by atoms with E-state index in [2.05, 4.69) is 0 Å². The van der Waals surface area contributed by atoms with Crippen molar-refractivity contribution >= 4 is 17.4 Å². The zero-order chi connectivity index (χ0) is 15.2. The standard InChI is InChI=1S/C16H18N4O/c17-15(21)11-20(10-12-5-2-1-3-6-12)14-8-4-7-13(9-14)16(18)19/h1-9H,10-11H2,(H2,17,21)(H3,18,19). The van der Waals surface area contributed by atoms with Crippen LogP contribution in [-0.4, -0.2) is 18.3 Å². The number of benzene rings is 2. The number of primary amides is 1. The van der Waals surface area contributed by atoms with Crippen LogP contribution in [0, 0.1) is 5.41 Å². The Morgan fingerprint density at radius 3 is 2.38 bits per heavy atom. The van der Waals surface area contributed by atoms with E-state index in [4.69, 9.17) is 16.9 Å². The Kier molecular flexibility index (Phi) is 4.56. The molecule has 0 saturated carbocycles. The highest BCUT2D eigenvalue weighted by molar-refractivity contribution is 5.96. The van der Waals surface area contributed by atoms with Crippen LogP contribution in [0.4, 0.5) is 5.69 Å². The Morgan fingerprint density at radius 2 is 1.76 bits per heavy atom. The molecule has 21 heavy (non-hydrogen) atoms. The predicted molar refractivity (Wildman–Crippen MR) is 84.1 cm³/mol. The van der Waals surface area contributed by atoms with Crippen LogP contribution in [0.15, 0.2) is 54.6 Å². The number of carbonyl (C=O) groups excluding carboxylic acids is 1. The largest absolute Gasteiger partial charge is 0.384 e. The number of nitrogen functional groups attached to an aromatic ring is 1. The van der Waals surface area contributed by atoms with Crippen molar-refractivity contribution in [3.05, 3.63) is 65.7 Å². The number of anilines is 1. The summed E-state index contributed by atoms with van der Waals surface area (Å²) < 4.78 is 0. The van der Waals surface area contributed by atoms with Gasteiger partial charge in [0.15, 0.2) is 0 Å². The van der Waals surface area contributed by atoms with Crippen LogP contribution in [0.25, 0.3) is 0 Å². The van der Waals surface area contributed by atoms with Crippen LogP contribution in [0.5, 0.6) is 0 Å². The van der Waals surface area contributed by atoms with Crippen LogP contribution in [0.2, 0.25) is 0 Å². The molecule has 0 saturated heterocycles. The first-order valence-corrected chi connectivity index (χ1v) is 6.58. The van der Waals surface area contributed by atoms with Crippen LogP contribution in [-0.2, 0) is 11.3 Å². The number of rotatable bonds is 6. The molecule has 5 N–H and O–H groups in total. The molecule has 2 aromatic rings. The quantitative estimate of drug-likeness (QED) is 0.553. The highest BCUT2D eigenvalue weighted by Gasteiger charge is 2.11. The monoisotopic (exact) mass is 282 g/mol. The SMILES string of the molecule is N=C(N)c1cccc(N(CC(N)=O)Cc2ccccc2)c1. The lowest BCUT2D eigenvalue weighted by molar-refractivity contribution is -0.116. The summed E-state index contributed by atoms with van der Waals surface area (Å²) in [6, 6.07) is 17.0. The fraction of sp³-hybridized carbons (Fsp3) is 0.125. The first-order valence-electron chi connectivity index (χ1n) is 6.58. The third kappa shape index (κ3) is 4.07. The van der Waals surface area contributed by atoms with Crippen molar-refractivity contribution in [1.29, 1.82) is 5.41 Å². The summed E-state index contributed by atoms with van der Waals surface area (Å²) in [6.07, 6.45) is 0. The number of amides is 1. The molecule has 0 aliphatic rings. The zero-order valence-corrected chi connectivity index (χ0v) is 11.6. The Morgan fingerprint density at radius 1 is 1.05 bits per heavy atom. The van der Waals surface area contributed by atoms with Crippen molar-refractivity contribution in [3.8, 4) is 0 Å². The molecule has 0 aliphatic heterocycles. The van der Waals surface area contributed by atoms with Gasteiger partial charge in [-0.25, -0.2) is 0 Å². The van der Waals surface area contributed by atoms with Gasteiger partial charge in [0.1, 0.15) is 5.84 Å². The molecule has 0 bridgehead atoms. The molecule has 0 aromatic heterocycles. The molecule has 0 fully saturated rings. The van der Waals surface area contributed by atoms with Crippen molar-refractivity contribution in [3.63, 3.8) is 0 Å². The van der Waals surface area contributed by atoms with Crippen LogP contribution in [0.1, 0.15) is 11.1 Å². The Hall–Kier alpha value is -2.82. The van der Waals surface area contributed by atoms with Gasteiger partial charge in [-0.05, 0) is 17.7 Å². The maximum absolute atomic E-state index is 11.3. The van der Waals surface area contributed by atoms with E-state index >= 15 is 0 Å². The third-order valence-corrected chi connectivity index (χ3v) is 3.09. The Bertz CT molecular complexity index is 640. The van der Waals surface area contributed by atoms with E-state index in [0.29, 0.717) is 12.1 Å². The first kappa shape index (κ1) is 14.6. The van der Waals surface area contributed by atoms with Gasteiger partial charge in [0, 0.05) is 17.8 Å². The van der Waals surface area contributed by atoms with E-state index in [-0.39, 0.29) is 12.4 Å². The van der Waals surface area contributed by atoms with Gasteiger partial charge < -0.3 is 16.4 Å². The molecule has 2 aromatic carbocycles. The maximum atomic E-state index is 11.3. The number of nitrogens with one attached hydrogen (secondary N) is 1. The third-order valence-electron chi connectivity index (χ3n) is 3.09. The highest BCUT2D eigenvalue weighted by atomic mass is 16.1. The normalized spacial score (nSPS) is 10.1. The fourth-order valence-corrected chi connectivity index (χ4v) is 2.10. The summed E-state index contributed by atoms with van der Waals surface area (Å²) in [4.78, 5) is 13.2. The summed E-state index contributed by atoms with van der Waals surface area (Å²) in [5.41, 5.74) is 13.4. The lowest BCUT2D eigenvalue weighted by atomic mass is 10.1. The molecule has 0 radical (unpaired) electrons. The molecule has 1 amide bonds. The summed E-state index contributed by atoms with van der Waals surface area (Å²) in [7, 11) is 0. The lowest BCUT2D eigenvalue weighted by Crippen LogP contribution is -2.33. The average Bonchev–Trinajstić information content (AvgIpc) is 2.47. The molecule has 2 rings (SSSR count). The van der Waals surface area contributed by atoms with E-state index in [1.165, 1.54) is 0 Å². The van der Waals surface area contributed by atoms with Crippen LogP contribution in [0.3, 0.4) is 0 Å². The highest BCUT2D eigenvalue weighted by Crippen LogP contribution is 2.18. The Balaban J connectivity index is 2.29. The van der Waals surface area contributed by atoms with Crippen molar-refractivity contribution in [2.45, 2.75) is 6.54 Å². The summed E-state index contributed by atoms with van der Waals surface area (Å²) in [6.45, 7) is 0.668. The molecular formula is C16H18N4O. The molecular weight excluding hydrogens is 264 g/mol. The fourth-order valence-electron chi connectivity index (χ4n) is 2.10. The second-order valence-corrected chi connectivity index (χ2v) is 4.77. The molecule has 0 spiro atoms. The minimum Gasteiger partial charge on any atom is -0.384 e. The number of nitrogens with zero attached hydrogens (tertiary/aromatic N) is 1. The van der Waals surface area contributed by atoms with Crippen LogP contribution < -0.4 is 16.4 Å². The predicted octanol–water partition coefficient (Wildman–Crippen LogP) is 1.46. The summed E-state index contributed by atoms with van der Waals surface area (Å²) in [5, 5.41) is 7.50. The van der Waals surface area contributed by atoms with Crippen molar-refractivity contribution in [2.24, 2.45) is 11.5 Å². The van der Waals surface area contributed by atoms with E-state index < -0.39 is 5.91 Å². The molecule has 5 nitrogen and oxygen atoms in total. The maximum Gasteiger partial charge on any atom is 0.236 e. The second kappa shape index (κ2) is 6.56. The first-order chi connectivity index (χ1) is 10.1. The second-order valence-electron chi connectivity index (χ2n) is 4.77. The van der Waals surface area contributed by atoms with E-state index in [1.807, 2.05) is 47.4 Å². The van der Waals surface area contributed by atoms with Crippen LogP contribution >= 0.6 is 0 Å². The molecule has 108 valence electrons. The zero-order valence-electron chi connectivity index (χ0n) is 11.6. The van der Waals surface area contributed by atoms with Gasteiger partial charge in [0.05, 0.1) is 6.54 Å². The van der Waals surface area contributed by atoms with Gasteiger partial charge in [0.25, 0.3) is 0 Å². The number of hydrogen-bond acceptors (Lipinski definition) is 3. The number of amidine groups is 1. The van der Waals surface area contributed by atoms with Crippen molar-refractivity contribution in [2.75, 3.05) is 11.4 Å². The van der Waals surface area contributed by atoms with E-state index in [1.54, 1.807) is 12.1 Å². The van der Waals surface area contributed by atoms with Gasteiger partial charge in [-0.3, -0.25) is 10.2 Å². The van der Waals surface area contributed by atoms with E-state index in [9.17, 15) is 4.79 Å². The van der Waals surface area contributed by atoms with Gasteiger partial charge in [0.2, 0.25) is 5.91 Å².